The number of carbonyl (C=O) groups is 2. The van der Waals surface area contributed by atoms with Gasteiger partial charge in [0, 0.05) is 36.6 Å². The second kappa shape index (κ2) is 10.5. The largest absolute Gasteiger partial charge is 0.464 e. The van der Waals surface area contributed by atoms with Gasteiger partial charge in [0.25, 0.3) is 5.91 Å². The van der Waals surface area contributed by atoms with Gasteiger partial charge < -0.3 is 25.0 Å². The van der Waals surface area contributed by atoms with Crippen LogP contribution in [0.1, 0.15) is 39.5 Å². The summed E-state index contributed by atoms with van der Waals surface area (Å²) in [7, 11) is 1.30. The van der Waals surface area contributed by atoms with Gasteiger partial charge in [-0.15, -0.1) is 0 Å². The van der Waals surface area contributed by atoms with Gasteiger partial charge >= 0.3 is 5.97 Å². The summed E-state index contributed by atoms with van der Waals surface area (Å²) in [6.07, 6.45) is 1.38. The minimum atomic E-state index is -0.548. The first-order valence-electron chi connectivity index (χ1n) is 9.64. The standard InChI is InChI=1S/C19H23Cl2N5O4S/c1-10-14(20)15(21)16(22-10)17(28)23-11-3-5-26(6-4-11)13-9-12(18(29)30-2)24-19(25-13)31-8-7-27/h9,11,22,27H,3-8H2,1-2H3,(H,23,28). The van der Waals surface area contributed by atoms with E-state index in [4.69, 9.17) is 33.0 Å². The molecule has 0 spiro atoms. The van der Waals surface area contributed by atoms with Crippen LogP contribution in [0.4, 0.5) is 5.82 Å². The number of aliphatic hydroxyl groups is 1. The Labute approximate surface area is 193 Å². The Kier molecular flexibility index (Phi) is 8.04. The molecule has 12 heteroatoms. The molecule has 168 valence electrons. The number of rotatable bonds is 7. The Hall–Kier alpha value is -2.01. The summed E-state index contributed by atoms with van der Waals surface area (Å²) in [4.78, 5) is 38.2. The molecule has 1 amide bonds. The molecule has 0 bridgehead atoms. The van der Waals surface area contributed by atoms with Crippen LogP contribution in [0.2, 0.25) is 10.0 Å². The zero-order chi connectivity index (χ0) is 22.5. The second-order valence-corrected chi connectivity index (χ2v) is 8.76. The van der Waals surface area contributed by atoms with Crippen LogP contribution in [0.15, 0.2) is 11.2 Å². The van der Waals surface area contributed by atoms with E-state index in [0.29, 0.717) is 53.4 Å². The van der Waals surface area contributed by atoms with E-state index in [-0.39, 0.29) is 35.0 Å². The molecular weight excluding hydrogens is 465 g/mol. The maximum atomic E-state index is 12.6. The van der Waals surface area contributed by atoms with E-state index in [1.165, 1.54) is 18.9 Å². The molecule has 0 unspecified atom stereocenters. The zero-order valence-electron chi connectivity index (χ0n) is 17.1. The number of anilines is 1. The van der Waals surface area contributed by atoms with Gasteiger partial charge in [0.2, 0.25) is 0 Å². The Balaban J connectivity index is 1.66. The average Bonchev–Trinajstić information content (AvgIpc) is 3.04. The van der Waals surface area contributed by atoms with E-state index < -0.39 is 5.97 Å². The summed E-state index contributed by atoms with van der Waals surface area (Å²) in [5.41, 5.74) is 1.07. The Morgan fingerprint density at radius 2 is 2.03 bits per heavy atom. The van der Waals surface area contributed by atoms with Crippen molar-refractivity contribution in [3.63, 3.8) is 0 Å². The van der Waals surface area contributed by atoms with Gasteiger partial charge in [-0.1, -0.05) is 35.0 Å². The van der Waals surface area contributed by atoms with Crippen molar-refractivity contribution in [2.24, 2.45) is 0 Å². The highest BCUT2D eigenvalue weighted by molar-refractivity contribution is 7.99. The van der Waals surface area contributed by atoms with Crippen molar-refractivity contribution in [2.45, 2.75) is 31.0 Å². The summed E-state index contributed by atoms with van der Waals surface area (Å²) in [5, 5.41) is 13.0. The first-order valence-corrected chi connectivity index (χ1v) is 11.4. The summed E-state index contributed by atoms with van der Waals surface area (Å²) < 4.78 is 4.78. The fourth-order valence-corrected chi connectivity index (χ4v) is 4.24. The first kappa shape index (κ1) is 23.6. The van der Waals surface area contributed by atoms with Crippen molar-refractivity contribution in [1.82, 2.24) is 20.3 Å². The predicted molar refractivity (Wildman–Crippen MR) is 119 cm³/mol. The third kappa shape index (κ3) is 5.62. The lowest BCUT2D eigenvalue weighted by atomic mass is 10.0. The fourth-order valence-electron chi connectivity index (χ4n) is 3.22. The number of esters is 1. The van der Waals surface area contributed by atoms with Crippen LogP contribution in [0.25, 0.3) is 0 Å². The zero-order valence-corrected chi connectivity index (χ0v) is 19.4. The van der Waals surface area contributed by atoms with Gasteiger partial charge in [0.05, 0.1) is 23.8 Å². The number of amides is 1. The number of hydrogen-bond acceptors (Lipinski definition) is 8. The third-order valence-electron chi connectivity index (χ3n) is 4.84. The van der Waals surface area contributed by atoms with Crippen LogP contribution in [-0.2, 0) is 4.74 Å². The second-order valence-electron chi connectivity index (χ2n) is 6.95. The van der Waals surface area contributed by atoms with Gasteiger partial charge in [-0.25, -0.2) is 14.8 Å². The summed E-state index contributed by atoms with van der Waals surface area (Å²) in [6, 6.07) is 1.56. The van der Waals surface area contributed by atoms with Crippen molar-refractivity contribution in [3.8, 4) is 0 Å². The topological polar surface area (TPSA) is 120 Å². The number of aliphatic hydroxyl groups excluding tert-OH is 1. The number of aryl methyl sites for hydroxylation is 1. The number of aromatic amines is 1. The highest BCUT2D eigenvalue weighted by Gasteiger charge is 2.26. The number of halogens is 2. The quantitative estimate of drug-likeness (QED) is 0.309. The van der Waals surface area contributed by atoms with E-state index in [0.717, 1.165) is 0 Å². The molecule has 31 heavy (non-hydrogen) atoms. The van der Waals surface area contributed by atoms with E-state index in [1.54, 1.807) is 13.0 Å². The summed E-state index contributed by atoms with van der Waals surface area (Å²) in [5.74, 6) is 0.184. The molecule has 2 aromatic rings. The number of piperidine rings is 1. The van der Waals surface area contributed by atoms with Crippen molar-refractivity contribution in [1.29, 1.82) is 0 Å². The lowest BCUT2D eigenvalue weighted by Crippen LogP contribution is -2.45. The molecule has 0 aliphatic carbocycles. The molecule has 0 atom stereocenters. The van der Waals surface area contributed by atoms with Crippen molar-refractivity contribution in [2.75, 3.05) is 37.5 Å². The average molecular weight is 488 g/mol. The number of hydrogen-bond donors (Lipinski definition) is 3. The van der Waals surface area contributed by atoms with E-state index >= 15 is 0 Å². The van der Waals surface area contributed by atoms with Gasteiger partial charge in [0.1, 0.15) is 11.5 Å². The van der Waals surface area contributed by atoms with Crippen molar-refractivity contribution >= 4 is 52.7 Å². The van der Waals surface area contributed by atoms with Crippen molar-refractivity contribution < 1.29 is 19.4 Å². The number of nitrogens with zero attached hydrogens (tertiary/aromatic N) is 3. The maximum absolute atomic E-state index is 12.6. The number of H-pyrrole nitrogens is 1. The summed E-state index contributed by atoms with van der Waals surface area (Å²) >= 11 is 13.4. The summed E-state index contributed by atoms with van der Waals surface area (Å²) in [6.45, 7) is 2.99. The van der Waals surface area contributed by atoms with Crippen LogP contribution in [0.3, 0.4) is 0 Å². The minimum absolute atomic E-state index is 0.0214. The Morgan fingerprint density at radius 3 is 2.61 bits per heavy atom. The monoisotopic (exact) mass is 487 g/mol. The maximum Gasteiger partial charge on any atom is 0.356 e. The Bertz CT molecular complexity index is 963. The van der Waals surface area contributed by atoms with Crippen LogP contribution >= 0.6 is 35.0 Å². The third-order valence-corrected chi connectivity index (χ3v) is 6.62. The molecule has 1 fully saturated rings. The molecule has 0 radical (unpaired) electrons. The van der Waals surface area contributed by atoms with Crippen LogP contribution in [0.5, 0.6) is 0 Å². The Morgan fingerprint density at radius 1 is 1.32 bits per heavy atom. The molecule has 0 saturated carbocycles. The molecular formula is C19H23Cl2N5O4S. The van der Waals surface area contributed by atoms with Crippen LogP contribution in [0, 0.1) is 6.92 Å². The lowest BCUT2D eigenvalue weighted by Gasteiger charge is -2.33. The number of aromatic nitrogens is 3. The van der Waals surface area contributed by atoms with Crippen LogP contribution in [-0.4, -0.2) is 70.5 Å². The van der Waals surface area contributed by atoms with Gasteiger partial charge in [-0.3, -0.25) is 4.79 Å². The number of thioether (sulfide) groups is 1. The van der Waals surface area contributed by atoms with Gasteiger partial charge in [-0.2, -0.15) is 0 Å². The van der Waals surface area contributed by atoms with Gasteiger partial charge in [-0.05, 0) is 19.8 Å². The molecule has 0 aromatic carbocycles. The van der Waals surface area contributed by atoms with E-state index in [2.05, 4.69) is 20.3 Å². The first-order chi connectivity index (χ1) is 14.8. The SMILES string of the molecule is COC(=O)c1cc(N2CCC(NC(=O)c3[nH]c(C)c(Cl)c3Cl)CC2)nc(SCCO)n1. The number of ether oxygens (including phenoxy) is 1. The molecule has 1 aliphatic heterocycles. The highest BCUT2D eigenvalue weighted by Crippen LogP contribution is 2.29. The normalized spacial score (nSPS) is 14.5. The minimum Gasteiger partial charge on any atom is -0.464 e. The fraction of sp³-hybridized carbons (Fsp3) is 0.474. The molecule has 1 saturated heterocycles. The molecule has 3 heterocycles. The van der Waals surface area contributed by atoms with Gasteiger partial charge in [0.15, 0.2) is 10.9 Å². The van der Waals surface area contributed by atoms with Crippen molar-refractivity contribution in [3.05, 3.63) is 33.2 Å². The predicted octanol–water partition coefficient (Wildman–Crippen LogP) is 2.69. The molecule has 9 nitrogen and oxygen atoms in total. The molecule has 3 N–H and O–H groups in total. The number of methoxy groups -OCH3 is 1. The number of nitrogens with one attached hydrogen (secondary N) is 2. The highest BCUT2D eigenvalue weighted by atomic mass is 35.5. The molecule has 2 aromatic heterocycles. The van der Waals surface area contributed by atoms with E-state index in [1.807, 2.05) is 4.90 Å². The van der Waals surface area contributed by atoms with Crippen LogP contribution < -0.4 is 10.2 Å². The smallest absolute Gasteiger partial charge is 0.356 e. The molecule has 1 aliphatic rings. The lowest BCUT2D eigenvalue weighted by molar-refractivity contribution is 0.0592. The van der Waals surface area contributed by atoms with E-state index in [9.17, 15) is 9.59 Å². The number of carbonyl (C=O) groups excluding carboxylic acids is 2. The molecule has 3 rings (SSSR count).